The van der Waals surface area contributed by atoms with Crippen molar-refractivity contribution in [1.82, 2.24) is 0 Å². The van der Waals surface area contributed by atoms with Crippen molar-refractivity contribution in [3.05, 3.63) is 66.2 Å². The fraction of sp³-hybridized carbons (Fsp3) is 0.381. The quantitative estimate of drug-likeness (QED) is 0.702. The number of hydrogen-bond acceptors (Lipinski definition) is 3. The first kappa shape index (κ1) is 18.1. The maximum Gasteiger partial charge on any atom is 0.312 e. The molecule has 0 heterocycles. The molecule has 1 unspecified atom stereocenters. The number of anilines is 1. The molecule has 0 aromatic heterocycles. The normalized spacial score (nSPS) is 12.5. The molecule has 0 aliphatic carbocycles. The van der Waals surface area contributed by atoms with E-state index in [1.165, 1.54) is 0 Å². The number of ether oxygens (including phenoxy) is 1. The molecule has 0 aliphatic rings. The summed E-state index contributed by atoms with van der Waals surface area (Å²) in [7, 11) is 2.06. The summed E-state index contributed by atoms with van der Waals surface area (Å²) < 4.78 is 5.34. The molecule has 2 aromatic rings. The van der Waals surface area contributed by atoms with Crippen molar-refractivity contribution < 1.29 is 9.53 Å². The minimum absolute atomic E-state index is 0.0305. The van der Waals surface area contributed by atoms with Crippen molar-refractivity contribution in [2.75, 3.05) is 25.1 Å². The highest BCUT2D eigenvalue weighted by Crippen LogP contribution is 2.38. The largest absolute Gasteiger partial charge is 0.466 e. The molecule has 0 amide bonds. The van der Waals surface area contributed by atoms with Crippen LogP contribution >= 0.6 is 0 Å². The first-order valence-electron chi connectivity index (χ1n) is 8.45. The Morgan fingerprint density at radius 3 is 2.12 bits per heavy atom. The molecule has 0 aliphatic heterocycles. The lowest BCUT2D eigenvalue weighted by Gasteiger charge is -2.36. The van der Waals surface area contributed by atoms with Crippen molar-refractivity contribution in [3.8, 4) is 0 Å². The van der Waals surface area contributed by atoms with Gasteiger partial charge in [-0.15, -0.1) is 0 Å². The van der Waals surface area contributed by atoms with E-state index in [4.69, 9.17) is 4.74 Å². The van der Waals surface area contributed by atoms with Crippen LogP contribution in [0.25, 0.3) is 0 Å². The van der Waals surface area contributed by atoms with Gasteiger partial charge >= 0.3 is 5.97 Å². The maximum atomic E-state index is 12.6. The van der Waals surface area contributed by atoms with Crippen LogP contribution in [0.3, 0.4) is 0 Å². The summed E-state index contributed by atoms with van der Waals surface area (Å²) in [6, 6.07) is 20.4. The van der Waals surface area contributed by atoms with Crippen molar-refractivity contribution in [3.63, 3.8) is 0 Å². The molecular formula is C21H27NO2. The minimum atomic E-state index is -0.611. The average molecular weight is 325 g/mol. The summed E-state index contributed by atoms with van der Waals surface area (Å²) in [5, 5.41) is 0. The minimum Gasteiger partial charge on any atom is -0.466 e. The van der Waals surface area contributed by atoms with Gasteiger partial charge in [0.25, 0.3) is 0 Å². The first-order valence-corrected chi connectivity index (χ1v) is 8.45. The highest BCUT2D eigenvalue weighted by atomic mass is 16.5. The zero-order chi connectivity index (χ0) is 17.6. The van der Waals surface area contributed by atoms with Gasteiger partial charge in [-0.1, -0.05) is 48.5 Å². The van der Waals surface area contributed by atoms with E-state index in [0.717, 1.165) is 17.8 Å². The lowest BCUT2D eigenvalue weighted by molar-refractivity contribution is -0.154. The predicted octanol–water partition coefficient (Wildman–Crippen LogP) is 4.50. The van der Waals surface area contributed by atoms with Gasteiger partial charge in [0.15, 0.2) is 0 Å². The Kier molecular flexibility index (Phi) is 6.02. The van der Waals surface area contributed by atoms with Gasteiger partial charge in [0.2, 0.25) is 0 Å². The van der Waals surface area contributed by atoms with Crippen LogP contribution in [-0.2, 0) is 9.53 Å². The fourth-order valence-corrected chi connectivity index (χ4v) is 2.96. The van der Waals surface area contributed by atoms with Crippen molar-refractivity contribution in [2.24, 2.45) is 5.41 Å². The molecule has 24 heavy (non-hydrogen) atoms. The van der Waals surface area contributed by atoms with E-state index in [9.17, 15) is 4.79 Å². The lowest BCUT2D eigenvalue weighted by Crippen LogP contribution is -2.39. The van der Waals surface area contributed by atoms with Gasteiger partial charge in [0.05, 0.1) is 12.0 Å². The fourth-order valence-electron chi connectivity index (χ4n) is 2.96. The number of esters is 1. The predicted molar refractivity (Wildman–Crippen MR) is 99.3 cm³/mol. The number of hydrogen-bond donors (Lipinski definition) is 0. The van der Waals surface area contributed by atoms with Gasteiger partial charge in [-0.2, -0.15) is 0 Å². The Morgan fingerprint density at radius 1 is 1.04 bits per heavy atom. The average Bonchev–Trinajstić information content (AvgIpc) is 2.61. The van der Waals surface area contributed by atoms with Gasteiger partial charge in [0.1, 0.15) is 0 Å². The third kappa shape index (κ3) is 4.16. The van der Waals surface area contributed by atoms with E-state index < -0.39 is 5.41 Å². The Bertz CT molecular complexity index is 637. The second-order valence-corrected chi connectivity index (χ2v) is 6.62. The summed E-state index contributed by atoms with van der Waals surface area (Å²) >= 11 is 0. The van der Waals surface area contributed by atoms with Gasteiger partial charge in [-0.3, -0.25) is 4.79 Å². The zero-order valence-electron chi connectivity index (χ0n) is 15.0. The first-order chi connectivity index (χ1) is 11.5. The van der Waals surface area contributed by atoms with E-state index in [1.54, 1.807) is 0 Å². The van der Waals surface area contributed by atoms with Crippen LogP contribution < -0.4 is 4.90 Å². The summed E-state index contributed by atoms with van der Waals surface area (Å²) in [6.07, 6.45) is 0. The molecule has 0 fully saturated rings. The molecule has 128 valence electrons. The topological polar surface area (TPSA) is 29.5 Å². The van der Waals surface area contributed by atoms with Crippen LogP contribution in [0.2, 0.25) is 0 Å². The van der Waals surface area contributed by atoms with Crippen molar-refractivity contribution >= 4 is 11.7 Å². The molecule has 0 spiro atoms. The van der Waals surface area contributed by atoms with Gasteiger partial charge in [-0.25, -0.2) is 0 Å². The Morgan fingerprint density at radius 2 is 1.58 bits per heavy atom. The number of carbonyl (C=O) groups is 1. The van der Waals surface area contributed by atoms with Crippen molar-refractivity contribution in [2.45, 2.75) is 26.7 Å². The highest BCUT2D eigenvalue weighted by molar-refractivity contribution is 5.77. The molecule has 1 atom stereocenters. The molecule has 3 heteroatoms. The molecule has 2 rings (SSSR count). The Balaban J connectivity index is 2.32. The monoisotopic (exact) mass is 325 g/mol. The number of para-hydroxylation sites is 1. The standard InChI is InChI=1S/C21H27NO2/c1-5-24-20(23)21(2,3)19(17-12-8-6-9-13-17)16-22(4)18-14-10-7-11-15-18/h6-15,19H,5,16H2,1-4H3. The van der Waals surface area contributed by atoms with Crippen LogP contribution in [0.1, 0.15) is 32.3 Å². The molecular weight excluding hydrogens is 298 g/mol. The van der Waals surface area contributed by atoms with Gasteiger partial charge in [0, 0.05) is 25.2 Å². The lowest BCUT2D eigenvalue weighted by atomic mass is 9.74. The second-order valence-electron chi connectivity index (χ2n) is 6.62. The third-order valence-electron chi connectivity index (χ3n) is 4.53. The molecule has 0 saturated heterocycles. The maximum absolute atomic E-state index is 12.6. The van der Waals surface area contributed by atoms with E-state index in [0.29, 0.717) is 6.61 Å². The van der Waals surface area contributed by atoms with Crippen LogP contribution in [0.15, 0.2) is 60.7 Å². The summed E-state index contributed by atoms with van der Waals surface area (Å²) in [6.45, 7) is 6.93. The number of nitrogens with zero attached hydrogens (tertiary/aromatic N) is 1. The number of benzene rings is 2. The number of rotatable bonds is 7. The third-order valence-corrected chi connectivity index (χ3v) is 4.53. The highest BCUT2D eigenvalue weighted by Gasteiger charge is 2.39. The van der Waals surface area contributed by atoms with Crippen LogP contribution in [0.5, 0.6) is 0 Å². The summed E-state index contributed by atoms with van der Waals surface area (Å²) in [5.41, 5.74) is 1.68. The molecule has 3 nitrogen and oxygen atoms in total. The molecule has 0 radical (unpaired) electrons. The van der Waals surface area contributed by atoms with E-state index in [1.807, 2.05) is 57.2 Å². The zero-order valence-corrected chi connectivity index (χ0v) is 15.0. The van der Waals surface area contributed by atoms with Gasteiger partial charge < -0.3 is 9.64 Å². The molecule has 0 N–H and O–H groups in total. The molecule has 0 saturated carbocycles. The van der Waals surface area contributed by atoms with E-state index in [-0.39, 0.29) is 11.9 Å². The summed E-state index contributed by atoms with van der Waals surface area (Å²) in [5.74, 6) is -0.122. The summed E-state index contributed by atoms with van der Waals surface area (Å²) in [4.78, 5) is 14.7. The van der Waals surface area contributed by atoms with Crippen molar-refractivity contribution in [1.29, 1.82) is 0 Å². The Hall–Kier alpha value is -2.29. The van der Waals surface area contributed by atoms with Crippen LogP contribution in [0, 0.1) is 5.41 Å². The number of likely N-dealkylation sites (N-methyl/N-ethyl adjacent to an activating group) is 1. The van der Waals surface area contributed by atoms with Crippen LogP contribution in [0.4, 0.5) is 5.69 Å². The molecule has 2 aromatic carbocycles. The molecule has 0 bridgehead atoms. The van der Waals surface area contributed by atoms with Crippen LogP contribution in [-0.4, -0.2) is 26.2 Å². The second kappa shape index (κ2) is 8.00. The van der Waals surface area contributed by atoms with Gasteiger partial charge in [-0.05, 0) is 38.5 Å². The van der Waals surface area contributed by atoms with E-state index in [2.05, 4.69) is 36.2 Å². The smallest absolute Gasteiger partial charge is 0.312 e. The number of carbonyl (C=O) groups excluding carboxylic acids is 1. The SMILES string of the molecule is CCOC(=O)C(C)(C)C(CN(C)c1ccccc1)c1ccccc1. The van der Waals surface area contributed by atoms with E-state index >= 15 is 0 Å². The Labute approximate surface area is 145 Å².